The van der Waals surface area contributed by atoms with Gasteiger partial charge in [0.2, 0.25) is 0 Å². The molecule has 7 heteroatoms. The van der Waals surface area contributed by atoms with Gasteiger partial charge in [0, 0.05) is 34.5 Å². The molecule has 1 aromatic carbocycles. The minimum absolute atomic E-state index is 0.0493. The van der Waals surface area contributed by atoms with Crippen LogP contribution in [-0.2, 0) is 16.1 Å². The van der Waals surface area contributed by atoms with E-state index in [1.165, 1.54) is 0 Å². The summed E-state index contributed by atoms with van der Waals surface area (Å²) in [5, 5.41) is 14.1. The quantitative estimate of drug-likeness (QED) is 0.358. The first-order chi connectivity index (χ1) is 13.5. The number of halogens is 1. The first-order valence-electron chi connectivity index (χ1n) is 8.71. The maximum absolute atomic E-state index is 12.3. The molecule has 0 aliphatic rings. The Morgan fingerprint density at radius 1 is 1.32 bits per heavy atom. The Morgan fingerprint density at radius 3 is 2.82 bits per heavy atom. The molecular formula is C21H19ClN4O2. The van der Waals surface area contributed by atoms with Crippen molar-refractivity contribution in [2.45, 2.75) is 20.4 Å². The number of carbonyl (C=O) groups excluding carboxylic acids is 1. The summed E-state index contributed by atoms with van der Waals surface area (Å²) in [7, 11) is 0. The predicted molar refractivity (Wildman–Crippen MR) is 107 cm³/mol. The van der Waals surface area contributed by atoms with Crippen molar-refractivity contribution in [2.24, 2.45) is 0 Å². The summed E-state index contributed by atoms with van der Waals surface area (Å²) < 4.78 is 8.88. The first-order valence-corrected chi connectivity index (χ1v) is 9.08. The fourth-order valence-electron chi connectivity index (χ4n) is 2.98. The monoisotopic (exact) mass is 394 g/mol. The fourth-order valence-corrected chi connectivity index (χ4v) is 3.17. The van der Waals surface area contributed by atoms with Gasteiger partial charge in [0.25, 0.3) is 0 Å². The number of rotatable bonds is 6. The van der Waals surface area contributed by atoms with Crippen LogP contribution in [0.25, 0.3) is 11.8 Å². The topological polar surface area (TPSA) is 72.8 Å². The Morgan fingerprint density at radius 2 is 2.14 bits per heavy atom. The second kappa shape index (κ2) is 8.59. The van der Waals surface area contributed by atoms with Crippen molar-refractivity contribution in [1.82, 2.24) is 14.3 Å². The average molecular weight is 395 g/mol. The molecule has 2 heterocycles. The van der Waals surface area contributed by atoms with Crippen molar-refractivity contribution in [1.29, 1.82) is 5.26 Å². The predicted octanol–water partition coefficient (Wildman–Crippen LogP) is 4.09. The van der Waals surface area contributed by atoms with Crippen LogP contribution in [0.5, 0.6) is 0 Å². The fraction of sp³-hybridized carbons (Fsp3) is 0.190. The highest BCUT2D eigenvalue weighted by molar-refractivity contribution is 6.30. The lowest BCUT2D eigenvalue weighted by Gasteiger charge is -2.10. The van der Waals surface area contributed by atoms with Crippen LogP contribution in [0.15, 0.2) is 54.4 Å². The first kappa shape index (κ1) is 19.5. The van der Waals surface area contributed by atoms with E-state index in [4.69, 9.17) is 16.3 Å². The molecule has 2 aromatic heterocycles. The zero-order chi connectivity index (χ0) is 20.1. The highest BCUT2D eigenvalue weighted by Gasteiger charge is 2.15. The number of ether oxygens (including phenoxy) is 1. The van der Waals surface area contributed by atoms with Crippen LogP contribution >= 0.6 is 11.6 Å². The number of nitrogens with zero attached hydrogens (tertiary/aromatic N) is 4. The molecule has 0 bridgehead atoms. The van der Waals surface area contributed by atoms with E-state index >= 15 is 0 Å². The van der Waals surface area contributed by atoms with Gasteiger partial charge >= 0.3 is 5.97 Å². The second-order valence-corrected chi connectivity index (χ2v) is 6.65. The summed E-state index contributed by atoms with van der Waals surface area (Å²) in [5.74, 6) is -0.651. The Hall–Kier alpha value is -3.30. The molecular weight excluding hydrogens is 376 g/mol. The highest BCUT2D eigenvalue weighted by Crippen LogP contribution is 2.24. The molecule has 0 spiro atoms. The summed E-state index contributed by atoms with van der Waals surface area (Å²) in [5.41, 5.74) is 3.51. The van der Waals surface area contributed by atoms with Gasteiger partial charge in [-0.25, -0.2) is 4.79 Å². The van der Waals surface area contributed by atoms with E-state index in [1.54, 1.807) is 29.2 Å². The summed E-state index contributed by atoms with van der Waals surface area (Å²) >= 11 is 6.10. The minimum atomic E-state index is -0.651. The number of aryl methyl sites for hydroxylation is 1. The van der Waals surface area contributed by atoms with Crippen LogP contribution < -0.4 is 0 Å². The Labute approximate surface area is 168 Å². The summed E-state index contributed by atoms with van der Waals surface area (Å²) in [6.07, 6.45) is 4.98. The molecule has 0 amide bonds. The van der Waals surface area contributed by atoms with Crippen molar-refractivity contribution in [2.75, 3.05) is 6.61 Å². The third kappa shape index (κ3) is 4.33. The van der Waals surface area contributed by atoms with Gasteiger partial charge in [-0.05, 0) is 55.8 Å². The number of hydrogen-bond donors (Lipinski definition) is 0. The van der Waals surface area contributed by atoms with Crippen molar-refractivity contribution in [3.05, 3.63) is 76.3 Å². The summed E-state index contributed by atoms with van der Waals surface area (Å²) in [4.78, 5) is 12.3. The smallest absolute Gasteiger partial charge is 0.348 e. The number of carbonyl (C=O) groups is 1. The summed E-state index contributed by atoms with van der Waals surface area (Å²) in [6.45, 7) is 4.46. The Kier molecular flexibility index (Phi) is 5.97. The Balaban J connectivity index is 1.80. The van der Waals surface area contributed by atoms with Gasteiger partial charge in [0.1, 0.15) is 18.2 Å². The van der Waals surface area contributed by atoms with E-state index in [1.807, 2.05) is 54.8 Å². The average Bonchev–Trinajstić information content (AvgIpc) is 3.27. The number of aromatic nitrogens is 3. The SMILES string of the molecule is Cc1cc(/C=C(/C#N)C(=O)OCCn2cccn2)c(C)n1-c1cccc(Cl)c1. The zero-order valence-corrected chi connectivity index (χ0v) is 16.3. The minimum Gasteiger partial charge on any atom is -0.460 e. The number of benzene rings is 1. The van der Waals surface area contributed by atoms with Crippen molar-refractivity contribution >= 4 is 23.6 Å². The van der Waals surface area contributed by atoms with Gasteiger partial charge in [0.15, 0.2) is 0 Å². The molecule has 0 aliphatic carbocycles. The molecule has 0 fully saturated rings. The molecule has 28 heavy (non-hydrogen) atoms. The van der Waals surface area contributed by atoms with E-state index in [-0.39, 0.29) is 12.2 Å². The lowest BCUT2D eigenvalue weighted by molar-refractivity contribution is -0.138. The Bertz CT molecular complexity index is 1060. The van der Waals surface area contributed by atoms with Crippen LogP contribution in [0.2, 0.25) is 5.02 Å². The second-order valence-electron chi connectivity index (χ2n) is 6.22. The van der Waals surface area contributed by atoms with E-state index in [9.17, 15) is 10.1 Å². The molecule has 0 saturated carbocycles. The van der Waals surface area contributed by atoms with Crippen molar-refractivity contribution in [3.8, 4) is 11.8 Å². The van der Waals surface area contributed by atoms with Crippen LogP contribution in [0.4, 0.5) is 0 Å². The largest absolute Gasteiger partial charge is 0.460 e. The molecule has 0 atom stereocenters. The molecule has 142 valence electrons. The van der Waals surface area contributed by atoms with Crippen molar-refractivity contribution in [3.63, 3.8) is 0 Å². The van der Waals surface area contributed by atoms with Crippen LogP contribution in [-0.4, -0.2) is 26.9 Å². The van der Waals surface area contributed by atoms with E-state index < -0.39 is 5.97 Å². The lowest BCUT2D eigenvalue weighted by atomic mass is 10.1. The van der Waals surface area contributed by atoms with Crippen molar-refractivity contribution < 1.29 is 9.53 Å². The number of hydrogen-bond acceptors (Lipinski definition) is 4. The number of esters is 1. The van der Waals surface area contributed by atoms with Gasteiger partial charge in [0.05, 0.1) is 6.54 Å². The third-order valence-electron chi connectivity index (χ3n) is 4.29. The van der Waals surface area contributed by atoms with Crippen LogP contribution in [0, 0.1) is 25.2 Å². The van der Waals surface area contributed by atoms with E-state index in [0.717, 1.165) is 22.6 Å². The van der Waals surface area contributed by atoms with Gasteiger partial charge in [-0.15, -0.1) is 0 Å². The van der Waals surface area contributed by atoms with Gasteiger partial charge in [-0.1, -0.05) is 17.7 Å². The molecule has 3 aromatic rings. The van der Waals surface area contributed by atoms with Gasteiger partial charge in [-0.3, -0.25) is 4.68 Å². The lowest BCUT2D eigenvalue weighted by Crippen LogP contribution is -2.12. The number of nitriles is 1. The molecule has 3 rings (SSSR count). The molecule has 0 unspecified atom stereocenters. The molecule has 0 radical (unpaired) electrons. The maximum atomic E-state index is 12.3. The van der Waals surface area contributed by atoms with E-state index in [2.05, 4.69) is 5.10 Å². The molecule has 6 nitrogen and oxygen atoms in total. The van der Waals surface area contributed by atoms with E-state index in [0.29, 0.717) is 11.6 Å². The standard InChI is InChI=1S/C21H19ClN4O2/c1-15-11-17(16(2)26(15)20-6-3-5-19(22)13-20)12-18(14-23)21(27)28-10-9-25-8-4-7-24-25/h3-8,11-13H,9-10H2,1-2H3/b18-12-. The van der Waals surface area contributed by atoms with Crippen LogP contribution in [0.1, 0.15) is 17.0 Å². The van der Waals surface area contributed by atoms with Gasteiger partial charge in [-0.2, -0.15) is 10.4 Å². The van der Waals surface area contributed by atoms with Crippen LogP contribution in [0.3, 0.4) is 0 Å². The molecule has 0 N–H and O–H groups in total. The highest BCUT2D eigenvalue weighted by atomic mass is 35.5. The summed E-state index contributed by atoms with van der Waals surface area (Å²) in [6, 6.07) is 13.2. The maximum Gasteiger partial charge on any atom is 0.348 e. The molecule has 0 aliphatic heterocycles. The normalized spacial score (nSPS) is 11.3. The zero-order valence-electron chi connectivity index (χ0n) is 15.6. The molecule has 0 saturated heterocycles. The van der Waals surface area contributed by atoms with Gasteiger partial charge < -0.3 is 9.30 Å². The third-order valence-corrected chi connectivity index (χ3v) is 4.52.